The monoisotopic (exact) mass is 301 g/mol. The number of carbonyl (C=O) groups is 1. The van der Waals surface area contributed by atoms with Crippen LogP contribution in [0.15, 0.2) is 24.3 Å². The fourth-order valence-corrected chi connectivity index (χ4v) is 3.49. The van der Waals surface area contributed by atoms with Crippen molar-refractivity contribution in [2.75, 3.05) is 39.3 Å². The summed E-state index contributed by atoms with van der Waals surface area (Å²) in [6.45, 7) is 9.16. The fraction of sp³-hybridized carbons (Fsp3) is 0.611. The highest BCUT2D eigenvalue weighted by atomic mass is 16.2. The van der Waals surface area contributed by atoms with Gasteiger partial charge in [0, 0.05) is 44.8 Å². The van der Waals surface area contributed by atoms with E-state index in [4.69, 9.17) is 0 Å². The maximum atomic E-state index is 12.4. The van der Waals surface area contributed by atoms with E-state index in [0.29, 0.717) is 0 Å². The first-order chi connectivity index (χ1) is 10.7. The second kappa shape index (κ2) is 7.25. The van der Waals surface area contributed by atoms with Gasteiger partial charge in [-0.15, -0.1) is 0 Å². The van der Waals surface area contributed by atoms with Gasteiger partial charge >= 0.3 is 0 Å². The number of nitrogens with zero attached hydrogens (tertiary/aromatic N) is 2. The van der Waals surface area contributed by atoms with Crippen LogP contribution in [0, 0.1) is 5.92 Å². The van der Waals surface area contributed by atoms with Gasteiger partial charge in [0.15, 0.2) is 0 Å². The number of amides is 1. The summed E-state index contributed by atoms with van der Waals surface area (Å²) in [4.78, 5) is 16.9. The van der Waals surface area contributed by atoms with Gasteiger partial charge in [-0.1, -0.05) is 19.1 Å². The number of likely N-dealkylation sites (tertiary alicyclic amines) is 1. The Morgan fingerprint density at radius 1 is 1.18 bits per heavy atom. The van der Waals surface area contributed by atoms with Gasteiger partial charge in [0.25, 0.3) is 5.91 Å². The molecule has 0 aliphatic carbocycles. The molecule has 3 rings (SSSR count). The zero-order valence-electron chi connectivity index (χ0n) is 13.6. The smallest absolute Gasteiger partial charge is 0.253 e. The number of benzene rings is 1. The maximum Gasteiger partial charge on any atom is 0.253 e. The number of rotatable bonds is 3. The zero-order valence-corrected chi connectivity index (χ0v) is 13.6. The van der Waals surface area contributed by atoms with Gasteiger partial charge in [0.1, 0.15) is 0 Å². The Hall–Kier alpha value is -1.39. The summed E-state index contributed by atoms with van der Waals surface area (Å²) in [5, 5.41) is 3.28. The van der Waals surface area contributed by atoms with E-state index in [1.54, 1.807) is 0 Å². The molecule has 0 bridgehead atoms. The summed E-state index contributed by atoms with van der Waals surface area (Å²) in [6.07, 6.45) is 2.66. The first-order valence-corrected chi connectivity index (χ1v) is 8.53. The summed E-state index contributed by atoms with van der Waals surface area (Å²) < 4.78 is 0. The third kappa shape index (κ3) is 3.87. The Morgan fingerprint density at radius 3 is 2.59 bits per heavy atom. The second-order valence-corrected chi connectivity index (χ2v) is 6.72. The van der Waals surface area contributed by atoms with E-state index in [2.05, 4.69) is 29.3 Å². The van der Waals surface area contributed by atoms with Crippen LogP contribution in [0.3, 0.4) is 0 Å². The molecule has 2 heterocycles. The highest BCUT2D eigenvalue weighted by molar-refractivity contribution is 5.94. The average Bonchev–Trinajstić information content (AvgIpc) is 2.56. The van der Waals surface area contributed by atoms with E-state index in [9.17, 15) is 4.79 Å². The maximum absolute atomic E-state index is 12.4. The van der Waals surface area contributed by atoms with E-state index in [1.165, 1.54) is 31.5 Å². The second-order valence-electron chi connectivity index (χ2n) is 6.72. The number of hydrogen-bond donors (Lipinski definition) is 1. The molecule has 1 unspecified atom stereocenters. The van der Waals surface area contributed by atoms with Crippen molar-refractivity contribution in [3.05, 3.63) is 35.4 Å². The third-order valence-electron chi connectivity index (χ3n) is 4.75. The van der Waals surface area contributed by atoms with Crippen LogP contribution in [0.4, 0.5) is 0 Å². The molecule has 2 aliphatic rings. The van der Waals surface area contributed by atoms with Gasteiger partial charge in [-0.05, 0) is 43.0 Å². The van der Waals surface area contributed by atoms with Crippen molar-refractivity contribution in [1.82, 2.24) is 15.1 Å². The minimum atomic E-state index is 0.166. The molecule has 1 aromatic rings. The van der Waals surface area contributed by atoms with Gasteiger partial charge in [0.05, 0.1) is 0 Å². The van der Waals surface area contributed by atoms with Crippen molar-refractivity contribution >= 4 is 5.91 Å². The highest BCUT2D eigenvalue weighted by Crippen LogP contribution is 2.18. The Kier molecular flexibility index (Phi) is 5.11. The number of carbonyl (C=O) groups excluding carboxylic acids is 1. The molecule has 1 atom stereocenters. The van der Waals surface area contributed by atoms with Crippen LogP contribution in [0.2, 0.25) is 0 Å². The van der Waals surface area contributed by atoms with Crippen molar-refractivity contribution in [2.24, 2.45) is 5.92 Å². The molecule has 1 N–H and O–H groups in total. The largest absolute Gasteiger partial charge is 0.336 e. The molecule has 0 spiro atoms. The van der Waals surface area contributed by atoms with E-state index < -0.39 is 0 Å². The topological polar surface area (TPSA) is 35.6 Å². The van der Waals surface area contributed by atoms with Gasteiger partial charge in [-0.2, -0.15) is 0 Å². The fourth-order valence-electron chi connectivity index (χ4n) is 3.49. The molecule has 2 aliphatic heterocycles. The number of hydrogen-bond acceptors (Lipinski definition) is 3. The summed E-state index contributed by atoms with van der Waals surface area (Å²) in [7, 11) is 0. The minimum Gasteiger partial charge on any atom is -0.336 e. The molecule has 0 saturated carbocycles. The van der Waals surface area contributed by atoms with Crippen LogP contribution in [0.25, 0.3) is 0 Å². The van der Waals surface area contributed by atoms with Gasteiger partial charge in [0.2, 0.25) is 0 Å². The van der Waals surface area contributed by atoms with Crippen molar-refractivity contribution < 1.29 is 4.79 Å². The van der Waals surface area contributed by atoms with Gasteiger partial charge in [-0.25, -0.2) is 0 Å². The number of piperazine rings is 1. The lowest BCUT2D eigenvalue weighted by Crippen LogP contribution is -2.46. The van der Waals surface area contributed by atoms with Crippen LogP contribution in [-0.2, 0) is 6.54 Å². The predicted molar refractivity (Wildman–Crippen MR) is 88.9 cm³/mol. The standard InChI is InChI=1S/C18H27N3O/c1-15-3-2-10-20(13-15)14-16-4-6-17(7-5-16)18(22)21-11-8-19-9-12-21/h4-7,15,19H,2-3,8-14H2,1H3. The normalized spacial score (nSPS) is 23.5. The lowest BCUT2D eigenvalue weighted by atomic mass is 9.99. The lowest BCUT2D eigenvalue weighted by Gasteiger charge is -2.31. The zero-order chi connectivity index (χ0) is 15.4. The molecule has 1 aromatic carbocycles. The van der Waals surface area contributed by atoms with E-state index in [1.807, 2.05) is 17.0 Å². The Morgan fingerprint density at radius 2 is 1.91 bits per heavy atom. The molecular weight excluding hydrogens is 274 g/mol. The van der Waals surface area contributed by atoms with Gasteiger partial charge in [-0.3, -0.25) is 9.69 Å². The minimum absolute atomic E-state index is 0.166. The van der Waals surface area contributed by atoms with Crippen LogP contribution >= 0.6 is 0 Å². The first-order valence-electron chi connectivity index (χ1n) is 8.53. The highest BCUT2D eigenvalue weighted by Gasteiger charge is 2.19. The van der Waals surface area contributed by atoms with Crippen molar-refractivity contribution in [3.63, 3.8) is 0 Å². The average molecular weight is 301 g/mol. The van der Waals surface area contributed by atoms with Crippen LogP contribution < -0.4 is 5.32 Å². The molecule has 0 radical (unpaired) electrons. The molecule has 4 heteroatoms. The Bertz CT molecular complexity index is 494. The predicted octanol–water partition coefficient (Wildman–Crippen LogP) is 1.96. The van der Waals surface area contributed by atoms with Crippen LogP contribution in [0.1, 0.15) is 35.7 Å². The molecule has 120 valence electrons. The quantitative estimate of drug-likeness (QED) is 0.927. The molecule has 4 nitrogen and oxygen atoms in total. The van der Waals surface area contributed by atoms with E-state index in [-0.39, 0.29) is 5.91 Å². The lowest BCUT2D eigenvalue weighted by molar-refractivity contribution is 0.0736. The molecule has 0 aromatic heterocycles. The van der Waals surface area contributed by atoms with E-state index in [0.717, 1.165) is 44.2 Å². The van der Waals surface area contributed by atoms with Crippen molar-refractivity contribution in [1.29, 1.82) is 0 Å². The summed E-state index contributed by atoms with van der Waals surface area (Å²) in [5.74, 6) is 0.974. The molecule has 1 amide bonds. The Labute approximate surface area is 133 Å². The van der Waals surface area contributed by atoms with E-state index >= 15 is 0 Å². The molecule has 2 fully saturated rings. The first kappa shape index (κ1) is 15.5. The molecule has 2 saturated heterocycles. The summed E-state index contributed by atoms with van der Waals surface area (Å²) >= 11 is 0. The molecular formula is C18H27N3O. The van der Waals surface area contributed by atoms with Crippen molar-refractivity contribution in [3.8, 4) is 0 Å². The number of piperidine rings is 1. The molecule has 22 heavy (non-hydrogen) atoms. The number of nitrogens with one attached hydrogen (secondary N) is 1. The SMILES string of the molecule is CC1CCCN(Cc2ccc(C(=O)N3CCNCC3)cc2)C1. The third-order valence-corrected chi connectivity index (χ3v) is 4.75. The van der Waals surface area contributed by atoms with Crippen LogP contribution in [0.5, 0.6) is 0 Å². The Balaban J connectivity index is 1.58. The van der Waals surface area contributed by atoms with Crippen molar-refractivity contribution in [2.45, 2.75) is 26.3 Å². The van der Waals surface area contributed by atoms with Crippen LogP contribution in [-0.4, -0.2) is 55.0 Å². The van der Waals surface area contributed by atoms with Gasteiger partial charge < -0.3 is 10.2 Å². The summed E-state index contributed by atoms with van der Waals surface area (Å²) in [6, 6.07) is 8.23. The summed E-state index contributed by atoms with van der Waals surface area (Å²) in [5.41, 5.74) is 2.13.